The van der Waals surface area contributed by atoms with Crippen LogP contribution in [0.4, 0.5) is 0 Å². The summed E-state index contributed by atoms with van der Waals surface area (Å²) in [4.78, 5) is 0.223. The van der Waals surface area contributed by atoms with Crippen molar-refractivity contribution in [3.05, 3.63) is 29.8 Å². The van der Waals surface area contributed by atoms with Gasteiger partial charge in [-0.2, -0.15) is 0 Å². The summed E-state index contributed by atoms with van der Waals surface area (Å²) in [5.41, 5.74) is 6.74. The van der Waals surface area contributed by atoms with Gasteiger partial charge in [0, 0.05) is 19.7 Å². The van der Waals surface area contributed by atoms with Crippen molar-refractivity contribution in [3.8, 4) is 0 Å². The number of nitrogens with one attached hydrogen (secondary N) is 1. The Labute approximate surface area is 126 Å². The zero-order valence-corrected chi connectivity index (χ0v) is 13.4. The van der Waals surface area contributed by atoms with Crippen molar-refractivity contribution in [1.29, 1.82) is 0 Å². The normalized spacial score (nSPS) is 13.3. The lowest BCUT2D eigenvalue weighted by Crippen LogP contribution is -2.28. The number of hydrogen-bond donors (Lipinski definition) is 2. The van der Waals surface area contributed by atoms with Crippen LogP contribution < -0.4 is 10.5 Å². The highest BCUT2D eigenvalue weighted by atomic mass is 32.2. The van der Waals surface area contributed by atoms with Crippen molar-refractivity contribution >= 4 is 10.0 Å². The fourth-order valence-corrected chi connectivity index (χ4v) is 2.79. The number of rotatable bonds is 10. The zero-order valence-electron chi connectivity index (χ0n) is 12.5. The van der Waals surface area contributed by atoms with Crippen molar-refractivity contribution < 1.29 is 17.9 Å². The second-order valence-corrected chi connectivity index (χ2v) is 6.36. The summed E-state index contributed by atoms with van der Waals surface area (Å²) in [5.74, 6) is 0. The summed E-state index contributed by atoms with van der Waals surface area (Å²) in [7, 11) is -1.95. The van der Waals surface area contributed by atoms with Crippen LogP contribution in [0, 0.1) is 0 Å². The van der Waals surface area contributed by atoms with E-state index < -0.39 is 10.0 Å². The van der Waals surface area contributed by atoms with Crippen LogP contribution in [0.1, 0.15) is 24.9 Å². The molecule has 1 atom stereocenters. The number of methoxy groups -OCH3 is 1. The second-order valence-electron chi connectivity index (χ2n) is 4.59. The molecule has 0 saturated carbocycles. The summed E-state index contributed by atoms with van der Waals surface area (Å²) >= 11 is 0. The minimum Gasteiger partial charge on any atom is -0.382 e. The third-order valence-electron chi connectivity index (χ3n) is 3.01. The summed E-state index contributed by atoms with van der Waals surface area (Å²) in [6, 6.07) is 6.55. The molecule has 21 heavy (non-hydrogen) atoms. The molecule has 0 saturated heterocycles. The Morgan fingerprint density at radius 1 is 1.29 bits per heavy atom. The van der Waals surface area contributed by atoms with E-state index in [1.54, 1.807) is 25.3 Å². The van der Waals surface area contributed by atoms with E-state index in [1.165, 1.54) is 0 Å². The average molecular weight is 316 g/mol. The van der Waals surface area contributed by atoms with Gasteiger partial charge >= 0.3 is 0 Å². The molecule has 1 unspecified atom stereocenters. The van der Waals surface area contributed by atoms with Crippen LogP contribution in [0.3, 0.4) is 0 Å². The standard InChI is InChI=1S/C14H24N2O4S/c1-3-14(15)12-5-4-6-13(11-12)21(17,18)16-7-8-20-10-9-19-2/h4-6,11,14,16H,3,7-10,15H2,1-2H3. The lowest BCUT2D eigenvalue weighted by Gasteiger charge is -2.12. The van der Waals surface area contributed by atoms with Gasteiger partial charge in [-0.3, -0.25) is 0 Å². The van der Waals surface area contributed by atoms with Crippen LogP contribution in [-0.4, -0.2) is 41.9 Å². The Hall–Kier alpha value is -0.990. The van der Waals surface area contributed by atoms with Gasteiger partial charge in [0.2, 0.25) is 10.0 Å². The molecule has 0 radical (unpaired) electrons. The first-order valence-electron chi connectivity index (χ1n) is 6.93. The van der Waals surface area contributed by atoms with Gasteiger partial charge in [-0.25, -0.2) is 13.1 Å². The summed E-state index contributed by atoms with van der Waals surface area (Å²) in [6.07, 6.45) is 0.754. The topological polar surface area (TPSA) is 90.7 Å². The van der Waals surface area contributed by atoms with Crippen molar-refractivity contribution in [3.63, 3.8) is 0 Å². The van der Waals surface area contributed by atoms with Crippen molar-refractivity contribution in [2.45, 2.75) is 24.3 Å². The van der Waals surface area contributed by atoms with E-state index in [0.29, 0.717) is 19.8 Å². The van der Waals surface area contributed by atoms with Gasteiger partial charge in [0.15, 0.2) is 0 Å². The molecular weight excluding hydrogens is 292 g/mol. The highest BCUT2D eigenvalue weighted by Gasteiger charge is 2.15. The lowest BCUT2D eigenvalue weighted by atomic mass is 10.1. The molecule has 0 fully saturated rings. The fourth-order valence-electron chi connectivity index (χ4n) is 1.72. The average Bonchev–Trinajstić information content (AvgIpc) is 2.50. The molecule has 120 valence electrons. The molecular formula is C14H24N2O4S. The predicted molar refractivity (Wildman–Crippen MR) is 81.5 cm³/mol. The van der Waals surface area contributed by atoms with E-state index in [9.17, 15) is 8.42 Å². The van der Waals surface area contributed by atoms with E-state index in [-0.39, 0.29) is 17.5 Å². The quantitative estimate of drug-likeness (QED) is 0.629. The zero-order chi connectivity index (χ0) is 15.7. The third kappa shape index (κ3) is 6.11. The summed E-state index contributed by atoms with van der Waals surface area (Å²) < 4.78 is 36.8. The van der Waals surface area contributed by atoms with Gasteiger partial charge in [-0.1, -0.05) is 19.1 Å². The highest BCUT2D eigenvalue weighted by Crippen LogP contribution is 2.17. The molecule has 3 N–H and O–H groups in total. The number of hydrogen-bond acceptors (Lipinski definition) is 5. The molecule has 1 aromatic rings. The van der Waals surface area contributed by atoms with Crippen LogP contribution >= 0.6 is 0 Å². The van der Waals surface area contributed by atoms with Gasteiger partial charge in [0.25, 0.3) is 0 Å². The molecule has 1 aromatic carbocycles. The maximum atomic E-state index is 12.2. The van der Waals surface area contributed by atoms with Crippen molar-refractivity contribution in [2.75, 3.05) is 33.5 Å². The maximum Gasteiger partial charge on any atom is 0.240 e. The molecule has 0 bridgehead atoms. The van der Waals surface area contributed by atoms with Gasteiger partial charge in [-0.15, -0.1) is 0 Å². The first kappa shape index (κ1) is 18.1. The molecule has 0 spiro atoms. The molecule has 0 aliphatic rings. The number of ether oxygens (including phenoxy) is 2. The second kappa shape index (κ2) is 9.11. The van der Waals surface area contributed by atoms with Gasteiger partial charge in [0.05, 0.1) is 24.7 Å². The third-order valence-corrected chi connectivity index (χ3v) is 4.47. The molecule has 0 aliphatic carbocycles. The Kier molecular flexibility index (Phi) is 7.84. The first-order chi connectivity index (χ1) is 10.0. The Bertz CT molecular complexity index is 519. The molecule has 0 amide bonds. The van der Waals surface area contributed by atoms with E-state index in [2.05, 4.69) is 4.72 Å². The Morgan fingerprint density at radius 2 is 2.05 bits per heavy atom. The molecule has 1 rings (SSSR count). The predicted octanol–water partition coefficient (Wildman–Crippen LogP) is 1.04. The lowest BCUT2D eigenvalue weighted by molar-refractivity contribution is 0.0736. The molecule has 0 aromatic heterocycles. The molecule has 6 nitrogen and oxygen atoms in total. The highest BCUT2D eigenvalue weighted by molar-refractivity contribution is 7.89. The largest absolute Gasteiger partial charge is 0.382 e. The smallest absolute Gasteiger partial charge is 0.240 e. The van der Waals surface area contributed by atoms with Gasteiger partial charge in [-0.05, 0) is 24.1 Å². The fraction of sp³-hybridized carbons (Fsp3) is 0.571. The minimum absolute atomic E-state index is 0.155. The number of nitrogens with two attached hydrogens (primary N) is 1. The van der Waals surface area contributed by atoms with Gasteiger partial charge in [0.1, 0.15) is 0 Å². The Morgan fingerprint density at radius 3 is 2.71 bits per heavy atom. The Balaban J connectivity index is 2.58. The van der Waals surface area contributed by atoms with E-state index >= 15 is 0 Å². The van der Waals surface area contributed by atoms with Crippen molar-refractivity contribution in [2.24, 2.45) is 5.73 Å². The van der Waals surface area contributed by atoms with Gasteiger partial charge < -0.3 is 15.2 Å². The van der Waals surface area contributed by atoms with Crippen LogP contribution in [0.15, 0.2) is 29.2 Å². The SMILES string of the molecule is CCC(N)c1cccc(S(=O)(=O)NCCOCCOC)c1. The molecule has 7 heteroatoms. The van der Waals surface area contributed by atoms with Crippen molar-refractivity contribution in [1.82, 2.24) is 4.72 Å². The van der Waals surface area contributed by atoms with E-state index in [1.807, 2.05) is 13.0 Å². The van der Waals surface area contributed by atoms with Crippen LogP contribution in [0.25, 0.3) is 0 Å². The maximum absolute atomic E-state index is 12.2. The van der Waals surface area contributed by atoms with E-state index in [0.717, 1.165) is 12.0 Å². The number of sulfonamides is 1. The minimum atomic E-state index is -3.53. The van der Waals surface area contributed by atoms with E-state index in [4.69, 9.17) is 15.2 Å². The first-order valence-corrected chi connectivity index (χ1v) is 8.41. The van der Waals surface area contributed by atoms with Crippen LogP contribution in [0.2, 0.25) is 0 Å². The van der Waals surface area contributed by atoms with Crippen LogP contribution in [0.5, 0.6) is 0 Å². The monoisotopic (exact) mass is 316 g/mol. The summed E-state index contributed by atoms with van der Waals surface area (Å²) in [6.45, 7) is 3.41. The molecule has 0 heterocycles. The summed E-state index contributed by atoms with van der Waals surface area (Å²) in [5, 5.41) is 0. The number of benzene rings is 1. The van der Waals surface area contributed by atoms with Crippen LogP contribution in [-0.2, 0) is 19.5 Å². The molecule has 0 aliphatic heterocycles.